The zero-order valence-corrected chi connectivity index (χ0v) is 9.06. The quantitative estimate of drug-likeness (QED) is 0.747. The Morgan fingerprint density at radius 3 is 2.81 bits per heavy atom. The lowest BCUT2D eigenvalue weighted by Crippen LogP contribution is -2.25. The molecule has 0 atom stereocenters. The summed E-state index contributed by atoms with van der Waals surface area (Å²) in [5, 5.41) is 8.76. The molecule has 1 aliphatic rings. The Kier molecular flexibility index (Phi) is 2.75. The van der Waals surface area contributed by atoms with E-state index >= 15 is 0 Å². The van der Waals surface area contributed by atoms with Gasteiger partial charge in [-0.3, -0.25) is 9.59 Å². The third-order valence-corrected chi connectivity index (χ3v) is 2.82. The summed E-state index contributed by atoms with van der Waals surface area (Å²) in [7, 11) is 0. The fourth-order valence-corrected chi connectivity index (χ4v) is 1.99. The number of hydrogen-bond donors (Lipinski definition) is 1. The van der Waals surface area contributed by atoms with Crippen LogP contribution in [0.3, 0.4) is 0 Å². The van der Waals surface area contributed by atoms with Crippen LogP contribution in [0.5, 0.6) is 0 Å². The molecule has 0 spiro atoms. The van der Waals surface area contributed by atoms with Gasteiger partial charge in [0.15, 0.2) is 5.78 Å². The highest BCUT2D eigenvalue weighted by atomic mass is 16.3. The van der Waals surface area contributed by atoms with E-state index in [1.54, 1.807) is 23.1 Å². The molecule has 1 N–H and O–H groups in total. The van der Waals surface area contributed by atoms with Crippen molar-refractivity contribution < 1.29 is 14.7 Å². The number of amides is 1. The van der Waals surface area contributed by atoms with Gasteiger partial charge in [0.2, 0.25) is 5.91 Å². The molecule has 0 radical (unpaired) electrons. The first-order chi connectivity index (χ1) is 7.63. The number of hydrogen-bond acceptors (Lipinski definition) is 3. The van der Waals surface area contributed by atoms with Crippen molar-refractivity contribution in [2.24, 2.45) is 0 Å². The number of benzene rings is 1. The van der Waals surface area contributed by atoms with E-state index in [4.69, 9.17) is 5.11 Å². The van der Waals surface area contributed by atoms with Crippen LogP contribution < -0.4 is 4.90 Å². The summed E-state index contributed by atoms with van der Waals surface area (Å²) in [5.74, 6) is -0.274. The van der Waals surface area contributed by atoms with Crippen molar-refractivity contribution in [3.63, 3.8) is 0 Å². The number of nitrogens with zero attached hydrogens (tertiary/aromatic N) is 1. The molecule has 1 aromatic rings. The molecule has 0 aliphatic carbocycles. The third-order valence-electron chi connectivity index (χ3n) is 2.82. The molecule has 1 heterocycles. The SMILES string of the molecule is CC(=O)N1CCc2cc(C(=O)CO)ccc21. The molecular weight excluding hydrogens is 206 g/mol. The Balaban J connectivity index is 2.36. The molecule has 0 unspecified atom stereocenters. The molecule has 0 aromatic heterocycles. The van der Waals surface area contributed by atoms with E-state index in [0.717, 1.165) is 17.7 Å². The third kappa shape index (κ3) is 1.72. The smallest absolute Gasteiger partial charge is 0.223 e. The molecule has 4 nitrogen and oxygen atoms in total. The number of Topliss-reactive ketones (excluding diaryl/α,β-unsaturated/α-hetero) is 1. The molecule has 0 saturated heterocycles. The van der Waals surface area contributed by atoms with Crippen LogP contribution in [0.4, 0.5) is 5.69 Å². The molecule has 0 bridgehead atoms. The molecule has 2 rings (SSSR count). The average molecular weight is 219 g/mol. The van der Waals surface area contributed by atoms with Crippen molar-refractivity contribution in [1.82, 2.24) is 0 Å². The fourth-order valence-electron chi connectivity index (χ4n) is 1.99. The standard InChI is InChI=1S/C12H13NO3/c1-8(15)13-5-4-9-6-10(12(16)7-14)2-3-11(9)13/h2-3,6,14H,4-5,7H2,1H3. The molecule has 4 heteroatoms. The number of rotatable bonds is 2. The molecule has 1 aliphatic heterocycles. The molecule has 1 aromatic carbocycles. The van der Waals surface area contributed by atoms with Crippen LogP contribution in [0.2, 0.25) is 0 Å². The molecule has 0 saturated carbocycles. The Morgan fingerprint density at radius 2 is 2.19 bits per heavy atom. The van der Waals surface area contributed by atoms with Crippen LogP contribution in [0, 0.1) is 0 Å². The summed E-state index contributed by atoms with van der Waals surface area (Å²) in [6.45, 7) is 1.72. The number of aliphatic hydroxyl groups excluding tert-OH is 1. The van der Waals surface area contributed by atoms with Crippen LogP contribution in [-0.2, 0) is 11.2 Å². The average Bonchev–Trinajstić information content (AvgIpc) is 2.70. The predicted octanol–water partition coefficient (Wildman–Crippen LogP) is 0.771. The van der Waals surface area contributed by atoms with E-state index < -0.39 is 6.61 Å². The van der Waals surface area contributed by atoms with E-state index in [1.165, 1.54) is 6.92 Å². The summed E-state index contributed by atoms with van der Waals surface area (Å²) in [5.41, 5.74) is 2.38. The Hall–Kier alpha value is -1.68. The van der Waals surface area contributed by atoms with Crippen LogP contribution in [0.1, 0.15) is 22.8 Å². The first-order valence-corrected chi connectivity index (χ1v) is 5.18. The van der Waals surface area contributed by atoms with Gasteiger partial charge in [-0.2, -0.15) is 0 Å². The maximum atomic E-state index is 11.3. The minimum Gasteiger partial charge on any atom is -0.388 e. The van der Waals surface area contributed by atoms with Crippen molar-refractivity contribution in [2.45, 2.75) is 13.3 Å². The number of fused-ring (bicyclic) bond motifs is 1. The Labute approximate surface area is 93.5 Å². The lowest BCUT2D eigenvalue weighted by Gasteiger charge is -2.14. The summed E-state index contributed by atoms with van der Waals surface area (Å²) in [6, 6.07) is 5.18. The van der Waals surface area contributed by atoms with Gasteiger partial charge in [-0.25, -0.2) is 0 Å². The lowest BCUT2D eigenvalue weighted by atomic mass is 10.1. The van der Waals surface area contributed by atoms with E-state index in [2.05, 4.69) is 0 Å². The Bertz CT molecular complexity index is 454. The van der Waals surface area contributed by atoms with Gasteiger partial charge in [0, 0.05) is 24.7 Å². The largest absolute Gasteiger partial charge is 0.388 e. The van der Waals surface area contributed by atoms with Gasteiger partial charge in [0.25, 0.3) is 0 Å². The van der Waals surface area contributed by atoms with Gasteiger partial charge in [0.1, 0.15) is 6.61 Å². The second kappa shape index (κ2) is 4.06. The molecule has 16 heavy (non-hydrogen) atoms. The van der Waals surface area contributed by atoms with Gasteiger partial charge in [0.05, 0.1) is 0 Å². The zero-order chi connectivity index (χ0) is 11.7. The summed E-state index contributed by atoms with van der Waals surface area (Å²) in [6.07, 6.45) is 0.765. The minimum absolute atomic E-state index is 0.0139. The van der Waals surface area contributed by atoms with Gasteiger partial charge >= 0.3 is 0 Å². The molecule has 84 valence electrons. The zero-order valence-electron chi connectivity index (χ0n) is 9.06. The summed E-state index contributed by atoms with van der Waals surface area (Å²) in [4.78, 5) is 24.3. The maximum absolute atomic E-state index is 11.3. The number of carbonyl (C=O) groups is 2. The highest BCUT2D eigenvalue weighted by Crippen LogP contribution is 2.28. The highest BCUT2D eigenvalue weighted by Gasteiger charge is 2.22. The summed E-state index contributed by atoms with van der Waals surface area (Å²) < 4.78 is 0. The monoisotopic (exact) mass is 219 g/mol. The first-order valence-electron chi connectivity index (χ1n) is 5.18. The minimum atomic E-state index is -0.477. The first kappa shape index (κ1) is 10.8. The molecule has 0 fully saturated rings. The van der Waals surface area contributed by atoms with E-state index in [1.807, 2.05) is 0 Å². The van der Waals surface area contributed by atoms with E-state index in [-0.39, 0.29) is 11.7 Å². The fraction of sp³-hybridized carbons (Fsp3) is 0.333. The predicted molar refractivity (Wildman–Crippen MR) is 59.6 cm³/mol. The highest BCUT2D eigenvalue weighted by molar-refractivity contribution is 5.99. The van der Waals surface area contributed by atoms with Crippen LogP contribution in [-0.4, -0.2) is 29.9 Å². The van der Waals surface area contributed by atoms with Crippen molar-refractivity contribution in [3.8, 4) is 0 Å². The summed E-state index contributed by atoms with van der Waals surface area (Å²) >= 11 is 0. The normalized spacial score (nSPS) is 13.8. The van der Waals surface area contributed by atoms with Crippen molar-refractivity contribution >= 4 is 17.4 Å². The number of aliphatic hydroxyl groups is 1. The van der Waals surface area contributed by atoms with Crippen molar-refractivity contribution in [2.75, 3.05) is 18.1 Å². The van der Waals surface area contributed by atoms with Gasteiger partial charge in [-0.1, -0.05) is 0 Å². The maximum Gasteiger partial charge on any atom is 0.223 e. The second-order valence-corrected chi connectivity index (χ2v) is 3.85. The van der Waals surface area contributed by atoms with E-state index in [9.17, 15) is 9.59 Å². The van der Waals surface area contributed by atoms with E-state index in [0.29, 0.717) is 12.1 Å². The van der Waals surface area contributed by atoms with Crippen molar-refractivity contribution in [1.29, 1.82) is 0 Å². The van der Waals surface area contributed by atoms with Gasteiger partial charge < -0.3 is 10.0 Å². The number of anilines is 1. The van der Waals surface area contributed by atoms with Crippen LogP contribution in [0.25, 0.3) is 0 Å². The topological polar surface area (TPSA) is 57.6 Å². The lowest BCUT2D eigenvalue weighted by molar-refractivity contribution is -0.116. The van der Waals surface area contributed by atoms with Crippen LogP contribution >= 0.6 is 0 Å². The molecular formula is C12H13NO3. The van der Waals surface area contributed by atoms with Crippen LogP contribution in [0.15, 0.2) is 18.2 Å². The number of carbonyl (C=O) groups excluding carboxylic acids is 2. The Morgan fingerprint density at radius 1 is 1.44 bits per heavy atom. The van der Waals surface area contributed by atoms with Crippen molar-refractivity contribution in [3.05, 3.63) is 29.3 Å². The van der Waals surface area contributed by atoms with Gasteiger partial charge in [-0.15, -0.1) is 0 Å². The second-order valence-electron chi connectivity index (χ2n) is 3.85. The van der Waals surface area contributed by atoms with Gasteiger partial charge in [-0.05, 0) is 30.2 Å². The molecule has 1 amide bonds. The number of ketones is 1.